The molecule has 0 fully saturated rings. The van der Waals surface area contributed by atoms with Crippen LogP contribution in [0.2, 0.25) is 10.0 Å². The molecule has 0 saturated carbocycles. The van der Waals surface area contributed by atoms with Crippen molar-refractivity contribution >= 4 is 28.9 Å². The van der Waals surface area contributed by atoms with Gasteiger partial charge in [-0.25, -0.2) is 0 Å². The Labute approximate surface area is 104 Å². The summed E-state index contributed by atoms with van der Waals surface area (Å²) in [6, 6.07) is 11.1. The summed E-state index contributed by atoms with van der Waals surface area (Å²) in [4.78, 5) is 4.21. The molecule has 0 spiro atoms. The second kappa shape index (κ2) is 5.19. The molecule has 2 aromatic rings. The highest BCUT2D eigenvalue weighted by atomic mass is 35.5. The SMILES string of the molecule is Clc1ccc(Cl)c(NCc2ccccn2)c1. The van der Waals surface area contributed by atoms with E-state index in [1.165, 1.54) is 0 Å². The van der Waals surface area contributed by atoms with Crippen LogP contribution in [0.1, 0.15) is 5.69 Å². The molecule has 0 saturated heterocycles. The zero-order chi connectivity index (χ0) is 11.4. The number of nitrogens with zero attached hydrogens (tertiary/aromatic N) is 1. The van der Waals surface area contributed by atoms with Gasteiger partial charge in [-0.05, 0) is 30.3 Å². The van der Waals surface area contributed by atoms with Gasteiger partial charge in [0.05, 0.1) is 22.9 Å². The topological polar surface area (TPSA) is 24.9 Å². The zero-order valence-electron chi connectivity index (χ0n) is 8.45. The Hall–Kier alpha value is -1.25. The number of hydrogen-bond acceptors (Lipinski definition) is 2. The standard InChI is InChI=1S/C12H10Cl2N2/c13-9-4-5-11(14)12(7-9)16-8-10-3-1-2-6-15-10/h1-7,16H,8H2. The lowest BCUT2D eigenvalue weighted by Crippen LogP contribution is -2.01. The van der Waals surface area contributed by atoms with Crippen molar-refractivity contribution in [2.75, 3.05) is 5.32 Å². The van der Waals surface area contributed by atoms with Crippen LogP contribution in [0.3, 0.4) is 0 Å². The van der Waals surface area contributed by atoms with Crippen molar-refractivity contribution in [3.05, 3.63) is 58.3 Å². The van der Waals surface area contributed by atoms with E-state index in [0.29, 0.717) is 16.6 Å². The van der Waals surface area contributed by atoms with Gasteiger partial charge < -0.3 is 5.32 Å². The Bertz CT molecular complexity index is 472. The second-order valence-corrected chi connectivity index (χ2v) is 4.14. The van der Waals surface area contributed by atoms with Crippen molar-refractivity contribution in [3.8, 4) is 0 Å². The van der Waals surface area contributed by atoms with Crippen molar-refractivity contribution in [2.45, 2.75) is 6.54 Å². The predicted octanol–water partition coefficient (Wildman–Crippen LogP) is 4.00. The quantitative estimate of drug-likeness (QED) is 0.894. The van der Waals surface area contributed by atoms with Crippen molar-refractivity contribution in [1.82, 2.24) is 4.98 Å². The first-order valence-corrected chi connectivity index (χ1v) is 5.60. The molecule has 2 nitrogen and oxygen atoms in total. The molecular weight excluding hydrogens is 243 g/mol. The van der Waals surface area contributed by atoms with Gasteiger partial charge >= 0.3 is 0 Å². The molecule has 0 amide bonds. The highest BCUT2D eigenvalue weighted by Gasteiger charge is 2.01. The third kappa shape index (κ3) is 2.87. The fourth-order valence-corrected chi connectivity index (χ4v) is 1.68. The molecular formula is C12H10Cl2N2. The molecule has 1 aromatic carbocycles. The van der Waals surface area contributed by atoms with Gasteiger partial charge in [0.1, 0.15) is 0 Å². The molecule has 16 heavy (non-hydrogen) atoms. The van der Waals surface area contributed by atoms with E-state index in [1.807, 2.05) is 18.2 Å². The number of pyridine rings is 1. The fourth-order valence-electron chi connectivity index (χ4n) is 1.32. The molecule has 0 bridgehead atoms. The van der Waals surface area contributed by atoms with Gasteiger partial charge in [-0.2, -0.15) is 0 Å². The number of aromatic nitrogens is 1. The number of hydrogen-bond donors (Lipinski definition) is 1. The number of anilines is 1. The minimum atomic E-state index is 0.626. The Morgan fingerprint density at radius 1 is 1.12 bits per heavy atom. The van der Waals surface area contributed by atoms with Gasteiger partial charge in [-0.15, -0.1) is 0 Å². The number of nitrogens with one attached hydrogen (secondary N) is 1. The molecule has 0 radical (unpaired) electrons. The van der Waals surface area contributed by atoms with E-state index in [4.69, 9.17) is 23.2 Å². The zero-order valence-corrected chi connectivity index (χ0v) is 9.96. The molecule has 0 atom stereocenters. The van der Waals surface area contributed by atoms with E-state index in [2.05, 4.69) is 10.3 Å². The van der Waals surface area contributed by atoms with E-state index >= 15 is 0 Å². The third-order valence-corrected chi connectivity index (χ3v) is 2.68. The van der Waals surface area contributed by atoms with Crippen LogP contribution in [-0.4, -0.2) is 4.98 Å². The van der Waals surface area contributed by atoms with Crippen LogP contribution in [0.4, 0.5) is 5.69 Å². The molecule has 1 aromatic heterocycles. The second-order valence-electron chi connectivity index (χ2n) is 3.30. The fraction of sp³-hybridized carbons (Fsp3) is 0.0833. The average molecular weight is 253 g/mol. The van der Waals surface area contributed by atoms with Gasteiger partial charge in [-0.1, -0.05) is 29.3 Å². The Balaban J connectivity index is 2.08. The van der Waals surface area contributed by atoms with Gasteiger partial charge in [0.25, 0.3) is 0 Å². The van der Waals surface area contributed by atoms with Crippen molar-refractivity contribution < 1.29 is 0 Å². The molecule has 0 aliphatic carbocycles. The molecule has 0 aliphatic rings. The molecule has 82 valence electrons. The van der Waals surface area contributed by atoms with Gasteiger partial charge in [0.2, 0.25) is 0 Å². The maximum absolute atomic E-state index is 6.02. The van der Waals surface area contributed by atoms with Gasteiger partial charge in [0.15, 0.2) is 0 Å². The van der Waals surface area contributed by atoms with Crippen LogP contribution in [0, 0.1) is 0 Å². The Morgan fingerprint density at radius 2 is 2.00 bits per heavy atom. The normalized spacial score (nSPS) is 10.1. The maximum atomic E-state index is 6.02. The molecule has 4 heteroatoms. The van der Waals surface area contributed by atoms with Crippen molar-refractivity contribution in [3.63, 3.8) is 0 Å². The molecule has 2 rings (SSSR count). The van der Waals surface area contributed by atoms with E-state index in [9.17, 15) is 0 Å². The molecule has 1 heterocycles. The first kappa shape index (κ1) is 11.2. The first-order chi connectivity index (χ1) is 7.75. The lowest BCUT2D eigenvalue weighted by atomic mass is 10.3. The van der Waals surface area contributed by atoms with Crippen LogP contribution in [0.15, 0.2) is 42.6 Å². The average Bonchev–Trinajstić information content (AvgIpc) is 2.32. The summed E-state index contributed by atoms with van der Waals surface area (Å²) in [5.41, 5.74) is 1.78. The summed E-state index contributed by atoms with van der Waals surface area (Å²) in [5, 5.41) is 4.50. The summed E-state index contributed by atoms with van der Waals surface area (Å²) < 4.78 is 0. The third-order valence-electron chi connectivity index (χ3n) is 2.11. The summed E-state index contributed by atoms with van der Waals surface area (Å²) in [5.74, 6) is 0. The van der Waals surface area contributed by atoms with E-state index in [1.54, 1.807) is 24.4 Å². The lowest BCUT2D eigenvalue weighted by Gasteiger charge is -2.08. The maximum Gasteiger partial charge on any atom is 0.0638 e. The predicted molar refractivity (Wildman–Crippen MR) is 68.0 cm³/mol. The van der Waals surface area contributed by atoms with Gasteiger partial charge in [0, 0.05) is 11.2 Å². The van der Waals surface area contributed by atoms with Crippen molar-refractivity contribution in [1.29, 1.82) is 0 Å². The molecule has 0 unspecified atom stereocenters. The largest absolute Gasteiger partial charge is 0.378 e. The van der Waals surface area contributed by atoms with Crippen LogP contribution >= 0.6 is 23.2 Å². The van der Waals surface area contributed by atoms with Crippen LogP contribution in [-0.2, 0) is 6.54 Å². The summed E-state index contributed by atoms with van der Waals surface area (Å²) in [7, 11) is 0. The number of halogens is 2. The van der Waals surface area contributed by atoms with E-state index in [0.717, 1.165) is 11.4 Å². The van der Waals surface area contributed by atoms with Gasteiger partial charge in [-0.3, -0.25) is 4.98 Å². The van der Waals surface area contributed by atoms with Crippen LogP contribution in [0.25, 0.3) is 0 Å². The highest BCUT2D eigenvalue weighted by molar-refractivity contribution is 6.35. The Kier molecular flexibility index (Phi) is 3.65. The minimum Gasteiger partial charge on any atom is -0.378 e. The minimum absolute atomic E-state index is 0.626. The first-order valence-electron chi connectivity index (χ1n) is 4.84. The van der Waals surface area contributed by atoms with E-state index in [-0.39, 0.29) is 0 Å². The van der Waals surface area contributed by atoms with Crippen LogP contribution in [0.5, 0.6) is 0 Å². The summed E-state index contributed by atoms with van der Waals surface area (Å²) in [6.07, 6.45) is 1.76. The number of benzene rings is 1. The summed E-state index contributed by atoms with van der Waals surface area (Å²) in [6.45, 7) is 0.626. The summed E-state index contributed by atoms with van der Waals surface area (Å²) >= 11 is 11.9. The number of rotatable bonds is 3. The highest BCUT2D eigenvalue weighted by Crippen LogP contribution is 2.25. The van der Waals surface area contributed by atoms with E-state index < -0.39 is 0 Å². The monoisotopic (exact) mass is 252 g/mol. The van der Waals surface area contributed by atoms with Crippen LogP contribution < -0.4 is 5.32 Å². The van der Waals surface area contributed by atoms with Crippen molar-refractivity contribution in [2.24, 2.45) is 0 Å². The Morgan fingerprint density at radius 3 is 2.75 bits per heavy atom. The lowest BCUT2D eigenvalue weighted by molar-refractivity contribution is 1.05. The smallest absolute Gasteiger partial charge is 0.0638 e. The molecule has 1 N–H and O–H groups in total. The molecule has 0 aliphatic heterocycles.